The second kappa shape index (κ2) is 9.74. The first-order valence-electron chi connectivity index (χ1n) is 7.86. The van der Waals surface area contributed by atoms with Crippen molar-refractivity contribution in [2.24, 2.45) is 0 Å². The topological polar surface area (TPSA) is 66.5 Å². The standard InChI is InChI=1S/C17H15Cl5N2O3S/c1-28(26,27)24(16-7-10(18)4-5-11(16)19)6-2-3-17(25)23-15-9-13(21)12(20)8-14(15)22/h4-5,7-9H,2-3,6H2,1H3,(H,23,25). The van der Waals surface area contributed by atoms with E-state index in [1.54, 1.807) is 6.07 Å². The van der Waals surface area contributed by atoms with Gasteiger partial charge in [0, 0.05) is 18.0 Å². The maximum Gasteiger partial charge on any atom is 0.232 e. The van der Waals surface area contributed by atoms with Crippen molar-refractivity contribution in [2.45, 2.75) is 12.8 Å². The van der Waals surface area contributed by atoms with E-state index < -0.39 is 10.0 Å². The summed E-state index contributed by atoms with van der Waals surface area (Å²) in [5, 5.41) is 3.97. The van der Waals surface area contributed by atoms with Crippen molar-refractivity contribution in [1.82, 2.24) is 0 Å². The SMILES string of the molecule is CS(=O)(=O)N(CCCC(=O)Nc1cc(Cl)c(Cl)cc1Cl)c1cc(Cl)ccc1Cl. The van der Waals surface area contributed by atoms with Crippen molar-refractivity contribution < 1.29 is 13.2 Å². The molecule has 1 N–H and O–H groups in total. The summed E-state index contributed by atoms with van der Waals surface area (Å²) in [6.45, 7) is 0.0431. The van der Waals surface area contributed by atoms with Gasteiger partial charge in [0.15, 0.2) is 0 Å². The zero-order chi connectivity index (χ0) is 21.1. The average molecular weight is 505 g/mol. The summed E-state index contributed by atoms with van der Waals surface area (Å²) in [4.78, 5) is 12.2. The molecular weight excluding hydrogens is 490 g/mol. The first-order valence-corrected chi connectivity index (χ1v) is 11.6. The number of nitrogens with one attached hydrogen (secondary N) is 1. The van der Waals surface area contributed by atoms with Crippen LogP contribution in [0.2, 0.25) is 25.1 Å². The molecule has 0 radical (unpaired) electrons. The number of hydrogen-bond acceptors (Lipinski definition) is 3. The van der Waals surface area contributed by atoms with E-state index in [1.807, 2.05) is 0 Å². The molecule has 0 aromatic heterocycles. The molecule has 2 rings (SSSR count). The van der Waals surface area contributed by atoms with Crippen LogP contribution in [0.3, 0.4) is 0 Å². The lowest BCUT2D eigenvalue weighted by atomic mass is 10.2. The summed E-state index contributed by atoms with van der Waals surface area (Å²) in [6, 6.07) is 7.39. The first kappa shape index (κ1) is 23.4. The lowest BCUT2D eigenvalue weighted by Gasteiger charge is -2.23. The largest absolute Gasteiger partial charge is 0.325 e. The van der Waals surface area contributed by atoms with Crippen LogP contribution >= 0.6 is 58.0 Å². The van der Waals surface area contributed by atoms with Gasteiger partial charge in [-0.15, -0.1) is 0 Å². The minimum Gasteiger partial charge on any atom is -0.325 e. The Labute approximate surface area is 188 Å². The van der Waals surface area contributed by atoms with Crippen molar-refractivity contribution in [3.8, 4) is 0 Å². The lowest BCUT2D eigenvalue weighted by Crippen LogP contribution is -2.31. The number of amides is 1. The molecule has 0 aliphatic carbocycles. The molecule has 0 unspecified atom stereocenters. The molecule has 0 bridgehead atoms. The van der Waals surface area contributed by atoms with Crippen molar-refractivity contribution in [2.75, 3.05) is 22.4 Å². The van der Waals surface area contributed by atoms with Gasteiger partial charge in [0.25, 0.3) is 0 Å². The number of rotatable bonds is 7. The van der Waals surface area contributed by atoms with Gasteiger partial charge in [-0.1, -0.05) is 58.0 Å². The van der Waals surface area contributed by atoms with Crippen LogP contribution < -0.4 is 9.62 Å². The molecule has 0 fully saturated rings. The van der Waals surface area contributed by atoms with Crippen molar-refractivity contribution >= 4 is 85.3 Å². The van der Waals surface area contributed by atoms with E-state index in [-0.39, 0.29) is 51.1 Å². The maximum absolute atomic E-state index is 12.2. The van der Waals surface area contributed by atoms with Gasteiger partial charge in [0.2, 0.25) is 15.9 Å². The zero-order valence-corrected chi connectivity index (χ0v) is 19.1. The predicted octanol–water partition coefficient (Wildman–Crippen LogP) is 6.14. The second-order valence-corrected chi connectivity index (χ2v) is 9.80. The normalized spacial score (nSPS) is 11.4. The first-order chi connectivity index (χ1) is 13.0. The molecule has 28 heavy (non-hydrogen) atoms. The van der Waals surface area contributed by atoms with E-state index >= 15 is 0 Å². The molecule has 1 amide bonds. The Morgan fingerprint density at radius 3 is 2.25 bits per heavy atom. The van der Waals surface area contributed by atoms with Crippen molar-refractivity contribution in [1.29, 1.82) is 0 Å². The minimum absolute atomic E-state index is 0.0424. The highest BCUT2D eigenvalue weighted by Crippen LogP contribution is 2.33. The molecule has 0 spiro atoms. The molecule has 11 heteroatoms. The summed E-state index contributed by atoms with van der Waals surface area (Å²) in [5.74, 6) is -0.356. The quantitative estimate of drug-likeness (QED) is 0.461. The Morgan fingerprint density at radius 1 is 0.964 bits per heavy atom. The summed E-state index contributed by atoms with van der Waals surface area (Å²) in [6.07, 6.45) is 1.33. The highest BCUT2D eigenvalue weighted by Gasteiger charge is 2.20. The van der Waals surface area contributed by atoms with Crippen LogP contribution in [0.5, 0.6) is 0 Å². The molecule has 0 aliphatic rings. The van der Waals surface area contributed by atoms with Gasteiger partial charge in [0.05, 0.1) is 37.7 Å². The van der Waals surface area contributed by atoms with E-state index in [2.05, 4.69) is 5.32 Å². The maximum atomic E-state index is 12.2. The van der Waals surface area contributed by atoms with Gasteiger partial charge in [0.1, 0.15) is 0 Å². The van der Waals surface area contributed by atoms with Crippen LogP contribution in [0.15, 0.2) is 30.3 Å². The van der Waals surface area contributed by atoms with Crippen molar-refractivity contribution in [3.63, 3.8) is 0 Å². The Morgan fingerprint density at radius 2 is 1.61 bits per heavy atom. The average Bonchev–Trinajstić information content (AvgIpc) is 2.58. The fraction of sp³-hybridized carbons (Fsp3) is 0.235. The number of sulfonamides is 1. The van der Waals surface area contributed by atoms with Crippen LogP contribution in [0.25, 0.3) is 0 Å². The summed E-state index contributed by atoms with van der Waals surface area (Å²) in [5.41, 5.74) is 0.573. The summed E-state index contributed by atoms with van der Waals surface area (Å²) >= 11 is 29.9. The van der Waals surface area contributed by atoms with E-state index in [0.717, 1.165) is 10.6 Å². The molecule has 0 aliphatic heterocycles. The summed E-state index contributed by atoms with van der Waals surface area (Å²) < 4.78 is 25.4. The predicted molar refractivity (Wildman–Crippen MR) is 118 cm³/mol. The van der Waals surface area contributed by atoms with Crippen LogP contribution in [-0.4, -0.2) is 27.1 Å². The van der Waals surface area contributed by atoms with Gasteiger partial charge in [-0.25, -0.2) is 8.42 Å². The van der Waals surface area contributed by atoms with Gasteiger partial charge < -0.3 is 5.32 Å². The number of carbonyl (C=O) groups excluding carboxylic acids is 1. The van der Waals surface area contributed by atoms with Crippen LogP contribution in [0.4, 0.5) is 11.4 Å². The number of hydrogen-bond donors (Lipinski definition) is 1. The van der Waals surface area contributed by atoms with Crippen LogP contribution in [-0.2, 0) is 14.8 Å². The van der Waals surface area contributed by atoms with Gasteiger partial charge in [-0.05, 0) is 36.8 Å². The van der Waals surface area contributed by atoms with Gasteiger partial charge >= 0.3 is 0 Å². The molecule has 2 aromatic carbocycles. The Bertz CT molecular complexity index is 999. The Balaban J connectivity index is 2.06. The van der Waals surface area contributed by atoms with E-state index in [4.69, 9.17) is 58.0 Å². The van der Waals surface area contributed by atoms with Crippen LogP contribution in [0.1, 0.15) is 12.8 Å². The Hall–Kier alpha value is -0.890. The molecule has 0 heterocycles. The van der Waals surface area contributed by atoms with Crippen LogP contribution in [0, 0.1) is 0 Å². The van der Waals surface area contributed by atoms with Crippen molar-refractivity contribution in [3.05, 3.63) is 55.4 Å². The number of benzene rings is 2. The molecule has 152 valence electrons. The lowest BCUT2D eigenvalue weighted by molar-refractivity contribution is -0.116. The second-order valence-electron chi connectivity index (χ2n) is 5.83. The third-order valence-electron chi connectivity index (χ3n) is 3.63. The number of nitrogens with zero attached hydrogens (tertiary/aromatic N) is 1. The third-order valence-corrected chi connectivity index (χ3v) is 6.40. The molecular formula is C17H15Cl5N2O3S. The third kappa shape index (κ3) is 6.31. The molecule has 0 saturated heterocycles. The van der Waals surface area contributed by atoms with E-state index in [0.29, 0.717) is 10.7 Å². The minimum atomic E-state index is -3.63. The highest BCUT2D eigenvalue weighted by atomic mass is 35.5. The Kier molecular flexibility index (Phi) is 8.14. The monoisotopic (exact) mass is 502 g/mol. The number of carbonyl (C=O) groups is 1. The molecule has 5 nitrogen and oxygen atoms in total. The van der Waals surface area contributed by atoms with E-state index in [1.165, 1.54) is 24.3 Å². The molecule has 0 saturated carbocycles. The smallest absolute Gasteiger partial charge is 0.232 e. The fourth-order valence-electron chi connectivity index (χ4n) is 2.36. The number of halogens is 5. The highest BCUT2D eigenvalue weighted by molar-refractivity contribution is 7.92. The van der Waals surface area contributed by atoms with Gasteiger partial charge in [-0.3, -0.25) is 9.10 Å². The van der Waals surface area contributed by atoms with E-state index in [9.17, 15) is 13.2 Å². The number of anilines is 2. The van der Waals surface area contributed by atoms with Gasteiger partial charge in [-0.2, -0.15) is 0 Å². The zero-order valence-electron chi connectivity index (χ0n) is 14.5. The summed E-state index contributed by atoms with van der Waals surface area (Å²) in [7, 11) is -3.63. The molecule has 0 atom stereocenters. The fourth-order valence-corrected chi connectivity index (χ4v) is 4.36. The molecule has 2 aromatic rings.